The third-order valence-electron chi connectivity index (χ3n) is 2.33. The summed E-state index contributed by atoms with van der Waals surface area (Å²) in [6.07, 6.45) is 0. The maximum absolute atomic E-state index is 5.80. The minimum Gasteiger partial charge on any atom is -0.382 e. The van der Waals surface area contributed by atoms with Gasteiger partial charge in [0.1, 0.15) is 5.82 Å². The first-order chi connectivity index (χ1) is 6.18. The third-order valence-corrected chi connectivity index (χ3v) is 2.33. The highest BCUT2D eigenvalue weighted by Crippen LogP contribution is 2.21. The van der Waals surface area contributed by atoms with E-state index in [4.69, 9.17) is 5.73 Å². The second-order valence-corrected chi connectivity index (χ2v) is 3.99. The fraction of sp³-hybridized carbons (Fsp3) is 0.667. The van der Waals surface area contributed by atoms with Crippen molar-refractivity contribution in [3.63, 3.8) is 0 Å². The van der Waals surface area contributed by atoms with Gasteiger partial charge in [-0.05, 0) is 5.92 Å². The summed E-state index contributed by atoms with van der Waals surface area (Å²) >= 11 is 0. The van der Waals surface area contributed by atoms with Crippen molar-refractivity contribution in [3.05, 3.63) is 11.3 Å². The molecule has 0 aromatic carbocycles. The van der Waals surface area contributed by atoms with Gasteiger partial charge in [-0.2, -0.15) is 5.10 Å². The first-order valence-corrected chi connectivity index (χ1v) is 4.73. The largest absolute Gasteiger partial charge is 0.382 e. The van der Waals surface area contributed by atoms with Crippen molar-refractivity contribution in [2.45, 2.75) is 33.5 Å². The molecule has 0 spiro atoms. The van der Waals surface area contributed by atoms with Crippen LogP contribution < -0.4 is 11.1 Å². The molecule has 13 heavy (non-hydrogen) atoms. The van der Waals surface area contributed by atoms with E-state index in [2.05, 4.69) is 24.3 Å². The van der Waals surface area contributed by atoms with Crippen LogP contribution in [-0.2, 0) is 19.6 Å². The van der Waals surface area contributed by atoms with Gasteiger partial charge in [-0.15, -0.1) is 0 Å². The topological polar surface area (TPSA) is 55.9 Å². The highest BCUT2D eigenvalue weighted by atomic mass is 15.3. The minimum absolute atomic E-state index is 0.615. The van der Waals surface area contributed by atoms with Gasteiger partial charge >= 0.3 is 0 Å². The predicted molar refractivity (Wildman–Crippen MR) is 52.0 cm³/mol. The molecule has 3 N–H and O–H groups in total. The van der Waals surface area contributed by atoms with Crippen molar-refractivity contribution in [1.29, 1.82) is 0 Å². The van der Waals surface area contributed by atoms with E-state index in [1.54, 1.807) is 0 Å². The summed E-state index contributed by atoms with van der Waals surface area (Å²) in [6, 6.07) is 0. The van der Waals surface area contributed by atoms with E-state index in [1.165, 1.54) is 11.3 Å². The smallest absolute Gasteiger partial charge is 0.150 e. The Hall–Kier alpha value is -1.03. The van der Waals surface area contributed by atoms with E-state index in [9.17, 15) is 0 Å². The van der Waals surface area contributed by atoms with Gasteiger partial charge in [-0.25, -0.2) is 0 Å². The van der Waals surface area contributed by atoms with Crippen LogP contribution in [0.2, 0.25) is 0 Å². The second kappa shape index (κ2) is 3.03. The fourth-order valence-electron chi connectivity index (χ4n) is 1.75. The highest BCUT2D eigenvalue weighted by Gasteiger charge is 2.20. The Balaban J connectivity index is 2.31. The Bertz CT molecular complexity index is 314. The molecule has 4 nitrogen and oxygen atoms in total. The maximum Gasteiger partial charge on any atom is 0.150 e. The normalized spacial score (nSPS) is 15.3. The summed E-state index contributed by atoms with van der Waals surface area (Å²) in [6.45, 7) is 7.12. The molecule has 0 fully saturated rings. The van der Waals surface area contributed by atoms with Gasteiger partial charge in [0.05, 0.1) is 5.69 Å². The zero-order chi connectivity index (χ0) is 9.42. The second-order valence-electron chi connectivity index (χ2n) is 3.99. The maximum atomic E-state index is 5.80. The standard InChI is InChI=1S/C9H16N4/c1-6(2)5-13-8-4-11-3-7(8)9(10)12-13/h6,11H,3-5H2,1-2H3,(H2,10,12). The Kier molecular flexibility index (Phi) is 2.00. The Morgan fingerprint density at radius 2 is 2.31 bits per heavy atom. The lowest BCUT2D eigenvalue weighted by Gasteiger charge is -2.07. The lowest BCUT2D eigenvalue weighted by atomic mass is 10.2. The van der Waals surface area contributed by atoms with Crippen molar-refractivity contribution in [2.24, 2.45) is 5.92 Å². The summed E-state index contributed by atoms with van der Waals surface area (Å²) in [5.74, 6) is 1.31. The van der Waals surface area contributed by atoms with Crippen molar-refractivity contribution in [3.8, 4) is 0 Å². The van der Waals surface area contributed by atoms with E-state index in [0.717, 1.165) is 19.6 Å². The van der Waals surface area contributed by atoms with E-state index >= 15 is 0 Å². The first-order valence-electron chi connectivity index (χ1n) is 4.73. The summed E-state index contributed by atoms with van der Waals surface area (Å²) in [5, 5.41) is 7.61. The van der Waals surface area contributed by atoms with Gasteiger partial charge in [-0.3, -0.25) is 4.68 Å². The lowest BCUT2D eigenvalue weighted by molar-refractivity contribution is 0.468. The van der Waals surface area contributed by atoms with Crippen molar-refractivity contribution >= 4 is 5.82 Å². The molecule has 0 saturated carbocycles. The molecule has 0 amide bonds. The molecule has 4 heteroatoms. The van der Waals surface area contributed by atoms with Crippen molar-refractivity contribution in [2.75, 3.05) is 5.73 Å². The number of nitrogens with one attached hydrogen (secondary N) is 1. The Labute approximate surface area is 78.1 Å². The molecule has 2 rings (SSSR count). The first kappa shape index (κ1) is 8.56. The van der Waals surface area contributed by atoms with Gasteiger partial charge in [0.2, 0.25) is 0 Å². The van der Waals surface area contributed by atoms with Gasteiger partial charge in [-0.1, -0.05) is 13.8 Å². The van der Waals surface area contributed by atoms with Crippen LogP contribution in [0.4, 0.5) is 5.82 Å². The molecule has 72 valence electrons. The van der Waals surface area contributed by atoms with E-state index in [1.807, 2.05) is 4.68 Å². The number of anilines is 1. The van der Waals surface area contributed by atoms with Crippen LogP contribution in [0.3, 0.4) is 0 Å². The molecule has 0 aliphatic carbocycles. The van der Waals surface area contributed by atoms with Crippen LogP contribution in [-0.4, -0.2) is 9.78 Å². The summed E-state index contributed by atoms with van der Waals surface area (Å²) in [7, 11) is 0. The van der Waals surface area contributed by atoms with E-state index in [-0.39, 0.29) is 0 Å². The monoisotopic (exact) mass is 180 g/mol. The average Bonchev–Trinajstić information content (AvgIpc) is 2.56. The van der Waals surface area contributed by atoms with Gasteiger partial charge < -0.3 is 11.1 Å². The Morgan fingerprint density at radius 3 is 3.00 bits per heavy atom. The van der Waals surface area contributed by atoms with Crippen molar-refractivity contribution < 1.29 is 0 Å². The number of nitrogen functional groups attached to an aromatic ring is 1. The number of nitrogens with two attached hydrogens (primary N) is 1. The van der Waals surface area contributed by atoms with Crippen LogP contribution in [0.15, 0.2) is 0 Å². The number of hydrogen-bond acceptors (Lipinski definition) is 3. The van der Waals surface area contributed by atoms with Crippen LogP contribution in [0, 0.1) is 5.92 Å². The molecular weight excluding hydrogens is 164 g/mol. The number of rotatable bonds is 2. The quantitative estimate of drug-likeness (QED) is 0.705. The predicted octanol–water partition coefficient (Wildman–Crippen LogP) is 0.724. The molecule has 0 bridgehead atoms. The SMILES string of the molecule is CC(C)Cn1nc(N)c2c1CNC2. The van der Waals surface area contributed by atoms with Crippen LogP contribution >= 0.6 is 0 Å². The van der Waals surface area contributed by atoms with Gasteiger partial charge in [0.15, 0.2) is 0 Å². The minimum atomic E-state index is 0.615. The molecule has 1 aromatic rings. The van der Waals surface area contributed by atoms with E-state index in [0.29, 0.717) is 11.7 Å². The molecule has 0 radical (unpaired) electrons. The summed E-state index contributed by atoms with van der Waals surface area (Å²) in [5.41, 5.74) is 8.26. The molecule has 0 saturated heterocycles. The molecule has 0 unspecified atom stereocenters. The number of nitrogens with zero attached hydrogens (tertiary/aromatic N) is 2. The van der Waals surface area contributed by atoms with Gasteiger partial charge in [0.25, 0.3) is 0 Å². The van der Waals surface area contributed by atoms with Gasteiger partial charge in [0, 0.05) is 25.2 Å². The zero-order valence-electron chi connectivity index (χ0n) is 8.17. The summed E-state index contributed by atoms with van der Waals surface area (Å²) < 4.78 is 2.04. The highest BCUT2D eigenvalue weighted by molar-refractivity contribution is 5.44. The number of hydrogen-bond donors (Lipinski definition) is 2. The molecule has 1 aliphatic heterocycles. The molecule has 1 aliphatic rings. The van der Waals surface area contributed by atoms with Crippen molar-refractivity contribution in [1.82, 2.24) is 15.1 Å². The molecule has 1 aromatic heterocycles. The van der Waals surface area contributed by atoms with E-state index < -0.39 is 0 Å². The third kappa shape index (κ3) is 1.42. The Morgan fingerprint density at radius 1 is 1.54 bits per heavy atom. The lowest BCUT2D eigenvalue weighted by Crippen LogP contribution is -2.12. The fourth-order valence-corrected chi connectivity index (χ4v) is 1.75. The van der Waals surface area contributed by atoms with Crippen LogP contribution in [0.1, 0.15) is 25.1 Å². The van der Waals surface area contributed by atoms with Crippen LogP contribution in [0.25, 0.3) is 0 Å². The molecule has 2 heterocycles. The number of aromatic nitrogens is 2. The molecule has 0 atom stereocenters. The summed E-state index contributed by atoms with van der Waals surface area (Å²) in [4.78, 5) is 0. The molecular formula is C9H16N4. The number of fused-ring (bicyclic) bond motifs is 1. The zero-order valence-corrected chi connectivity index (χ0v) is 8.17. The van der Waals surface area contributed by atoms with Crippen LogP contribution in [0.5, 0.6) is 0 Å². The average molecular weight is 180 g/mol.